The summed E-state index contributed by atoms with van der Waals surface area (Å²) in [5, 5.41) is 6.54. The van der Waals surface area contributed by atoms with Crippen LogP contribution in [0.1, 0.15) is 30.9 Å². The van der Waals surface area contributed by atoms with Crippen LogP contribution in [-0.2, 0) is 23.1 Å². The molecule has 0 unspecified atom stereocenters. The lowest BCUT2D eigenvalue weighted by Crippen LogP contribution is -2.36. The molecule has 0 aromatic heterocycles. The molecule has 0 heterocycles. The van der Waals surface area contributed by atoms with Crippen molar-refractivity contribution in [1.29, 1.82) is 0 Å². The van der Waals surface area contributed by atoms with Gasteiger partial charge in [0.2, 0.25) is 10.0 Å². The quantitative estimate of drug-likeness (QED) is 0.166. The normalized spacial score (nSPS) is 13.7. The van der Waals surface area contributed by atoms with Gasteiger partial charge in [-0.15, -0.1) is 24.0 Å². The molecule has 0 bridgehead atoms. The number of guanidine groups is 1. The van der Waals surface area contributed by atoms with Crippen molar-refractivity contribution in [2.75, 3.05) is 13.2 Å². The first-order valence-electron chi connectivity index (χ1n) is 10.5. The standard InChI is InChI=1S/C23H30N4O3S.HI/c1-3-15-30-22-8-6-5-7-19(22)17-26-23(24-4-2)25-16-18-9-13-21(14-10-18)31(28,29)27-20-11-12-20;/h3,5-10,13-14,20,27H,1,4,11-12,15-17H2,2H3,(H2,24,25,26);1H. The van der Waals surface area contributed by atoms with E-state index in [-0.39, 0.29) is 34.9 Å². The topological polar surface area (TPSA) is 91.8 Å². The molecular weight excluding hydrogens is 539 g/mol. The fraction of sp³-hybridized carbons (Fsp3) is 0.348. The highest BCUT2D eigenvalue weighted by molar-refractivity contribution is 14.0. The average Bonchev–Trinajstić information content (AvgIpc) is 3.58. The van der Waals surface area contributed by atoms with Crippen LogP contribution in [-0.4, -0.2) is 33.6 Å². The van der Waals surface area contributed by atoms with E-state index in [0.717, 1.165) is 36.3 Å². The molecule has 1 saturated carbocycles. The Kier molecular flexibility index (Phi) is 10.5. The second kappa shape index (κ2) is 12.8. The molecule has 1 fully saturated rings. The Morgan fingerprint density at radius 2 is 1.88 bits per heavy atom. The van der Waals surface area contributed by atoms with Crippen LogP contribution < -0.4 is 20.1 Å². The summed E-state index contributed by atoms with van der Waals surface area (Å²) in [5.41, 5.74) is 1.95. The van der Waals surface area contributed by atoms with Crippen LogP contribution in [0.5, 0.6) is 5.75 Å². The number of nitrogens with zero attached hydrogens (tertiary/aromatic N) is 1. The predicted octanol–water partition coefficient (Wildman–Crippen LogP) is 3.57. The van der Waals surface area contributed by atoms with Crippen molar-refractivity contribution in [2.24, 2.45) is 4.99 Å². The van der Waals surface area contributed by atoms with Gasteiger partial charge >= 0.3 is 0 Å². The maximum absolute atomic E-state index is 12.3. The Labute approximate surface area is 207 Å². The minimum atomic E-state index is -3.43. The van der Waals surface area contributed by atoms with Crippen molar-refractivity contribution in [2.45, 2.75) is 43.8 Å². The Hall–Kier alpha value is -2.11. The number of sulfonamides is 1. The van der Waals surface area contributed by atoms with Crippen molar-refractivity contribution in [3.63, 3.8) is 0 Å². The molecule has 1 aliphatic rings. The van der Waals surface area contributed by atoms with Gasteiger partial charge in [0, 0.05) is 24.7 Å². The SMILES string of the molecule is C=CCOc1ccccc1CNC(=NCc1ccc(S(=O)(=O)NC2CC2)cc1)NCC.I. The third-order valence-corrected chi connectivity index (χ3v) is 6.21. The number of ether oxygens (including phenoxy) is 1. The van der Waals surface area contributed by atoms with Gasteiger partial charge < -0.3 is 15.4 Å². The van der Waals surface area contributed by atoms with Gasteiger partial charge in [-0.25, -0.2) is 18.1 Å². The molecule has 9 heteroatoms. The van der Waals surface area contributed by atoms with Crippen LogP contribution in [0.3, 0.4) is 0 Å². The van der Waals surface area contributed by atoms with E-state index < -0.39 is 10.0 Å². The Morgan fingerprint density at radius 3 is 2.53 bits per heavy atom. The monoisotopic (exact) mass is 570 g/mol. The van der Waals surface area contributed by atoms with Gasteiger partial charge in [0.15, 0.2) is 5.96 Å². The van der Waals surface area contributed by atoms with Crippen LogP contribution in [0.15, 0.2) is 71.1 Å². The second-order valence-corrected chi connectivity index (χ2v) is 9.01. The summed E-state index contributed by atoms with van der Waals surface area (Å²) in [5.74, 6) is 1.48. The molecule has 0 amide bonds. The first-order chi connectivity index (χ1) is 15.0. The molecule has 0 radical (unpaired) electrons. The number of para-hydroxylation sites is 1. The van der Waals surface area contributed by atoms with Crippen molar-refractivity contribution >= 4 is 40.0 Å². The van der Waals surface area contributed by atoms with Crippen LogP contribution in [0, 0.1) is 0 Å². The van der Waals surface area contributed by atoms with Gasteiger partial charge in [-0.3, -0.25) is 0 Å². The number of halogens is 1. The number of nitrogens with one attached hydrogen (secondary N) is 3. The molecule has 7 nitrogen and oxygen atoms in total. The third-order valence-electron chi connectivity index (χ3n) is 4.67. The lowest BCUT2D eigenvalue weighted by Gasteiger charge is -2.14. The fourth-order valence-corrected chi connectivity index (χ4v) is 4.20. The van der Waals surface area contributed by atoms with E-state index >= 15 is 0 Å². The highest BCUT2D eigenvalue weighted by Gasteiger charge is 2.27. The number of hydrogen-bond acceptors (Lipinski definition) is 4. The van der Waals surface area contributed by atoms with Gasteiger partial charge in [-0.05, 0) is 43.5 Å². The van der Waals surface area contributed by atoms with Crippen LogP contribution in [0.25, 0.3) is 0 Å². The highest BCUT2D eigenvalue weighted by atomic mass is 127. The molecule has 0 saturated heterocycles. The van der Waals surface area contributed by atoms with E-state index in [1.807, 2.05) is 31.2 Å². The molecule has 174 valence electrons. The molecule has 0 atom stereocenters. The largest absolute Gasteiger partial charge is 0.489 e. The zero-order valence-electron chi connectivity index (χ0n) is 18.2. The number of benzene rings is 2. The fourth-order valence-electron chi connectivity index (χ4n) is 2.89. The van der Waals surface area contributed by atoms with Gasteiger partial charge in [-0.2, -0.15) is 0 Å². The summed E-state index contributed by atoms with van der Waals surface area (Å²) in [6.07, 6.45) is 3.54. The van der Waals surface area contributed by atoms with Crippen LogP contribution >= 0.6 is 24.0 Å². The highest BCUT2D eigenvalue weighted by Crippen LogP contribution is 2.22. The molecule has 0 spiro atoms. The molecule has 1 aliphatic carbocycles. The number of aliphatic imine (C=N–C) groups is 1. The Bertz CT molecular complexity index is 1010. The molecule has 0 aliphatic heterocycles. The summed E-state index contributed by atoms with van der Waals surface area (Å²) in [7, 11) is -3.43. The summed E-state index contributed by atoms with van der Waals surface area (Å²) >= 11 is 0. The van der Waals surface area contributed by atoms with Crippen LogP contribution in [0.2, 0.25) is 0 Å². The smallest absolute Gasteiger partial charge is 0.240 e. The number of hydrogen-bond donors (Lipinski definition) is 3. The molecule has 3 rings (SSSR count). The van der Waals surface area contributed by atoms with Crippen molar-refractivity contribution in [3.8, 4) is 5.75 Å². The number of rotatable bonds is 11. The maximum Gasteiger partial charge on any atom is 0.240 e. The zero-order valence-corrected chi connectivity index (χ0v) is 21.4. The maximum atomic E-state index is 12.3. The molecule has 2 aromatic rings. The summed E-state index contributed by atoms with van der Waals surface area (Å²) in [6.45, 7) is 7.86. The predicted molar refractivity (Wildman–Crippen MR) is 139 cm³/mol. The summed E-state index contributed by atoms with van der Waals surface area (Å²) in [6, 6.07) is 14.8. The Balaban J connectivity index is 0.00000363. The second-order valence-electron chi connectivity index (χ2n) is 7.30. The van der Waals surface area contributed by atoms with Gasteiger partial charge in [0.05, 0.1) is 11.4 Å². The van der Waals surface area contributed by atoms with E-state index in [1.165, 1.54) is 0 Å². The summed E-state index contributed by atoms with van der Waals surface area (Å²) in [4.78, 5) is 4.90. The molecular formula is C23H31IN4O3S. The zero-order chi connectivity index (χ0) is 22.1. The van der Waals surface area contributed by atoms with Crippen LogP contribution in [0.4, 0.5) is 0 Å². The van der Waals surface area contributed by atoms with E-state index in [1.54, 1.807) is 30.3 Å². The van der Waals surface area contributed by atoms with E-state index in [2.05, 4.69) is 26.9 Å². The minimum Gasteiger partial charge on any atom is -0.489 e. The van der Waals surface area contributed by atoms with E-state index in [9.17, 15) is 8.42 Å². The van der Waals surface area contributed by atoms with Gasteiger partial charge in [0.1, 0.15) is 12.4 Å². The molecule has 32 heavy (non-hydrogen) atoms. The van der Waals surface area contributed by atoms with E-state index in [4.69, 9.17) is 4.74 Å². The van der Waals surface area contributed by atoms with Gasteiger partial charge in [-0.1, -0.05) is 43.0 Å². The average molecular weight is 570 g/mol. The lowest BCUT2D eigenvalue weighted by molar-refractivity contribution is 0.358. The van der Waals surface area contributed by atoms with Crippen molar-refractivity contribution < 1.29 is 13.2 Å². The lowest BCUT2D eigenvalue weighted by atomic mass is 10.2. The Morgan fingerprint density at radius 1 is 1.16 bits per heavy atom. The van der Waals surface area contributed by atoms with Gasteiger partial charge in [0.25, 0.3) is 0 Å². The first-order valence-corrected chi connectivity index (χ1v) is 11.9. The molecule has 2 aromatic carbocycles. The summed E-state index contributed by atoms with van der Waals surface area (Å²) < 4.78 is 33.0. The van der Waals surface area contributed by atoms with Crippen molar-refractivity contribution in [1.82, 2.24) is 15.4 Å². The third kappa shape index (κ3) is 8.10. The van der Waals surface area contributed by atoms with Crippen molar-refractivity contribution in [3.05, 3.63) is 72.3 Å². The minimum absolute atomic E-state index is 0. The van der Waals surface area contributed by atoms with E-state index in [0.29, 0.717) is 25.7 Å². The molecule has 3 N–H and O–H groups in total. The first kappa shape index (κ1) is 26.1.